The van der Waals surface area contributed by atoms with Gasteiger partial charge < -0.3 is 13.6 Å². The molecule has 0 radical (unpaired) electrons. The zero-order chi connectivity index (χ0) is 24.6. The topological polar surface area (TPSA) is 65.1 Å². The van der Waals surface area contributed by atoms with Gasteiger partial charge in [-0.1, -0.05) is 47.6 Å². The molecule has 0 aromatic carbocycles. The van der Waals surface area contributed by atoms with Crippen molar-refractivity contribution < 1.29 is 23.2 Å². The van der Waals surface area contributed by atoms with Gasteiger partial charge >= 0.3 is 12.1 Å². The van der Waals surface area contributed by atoms with Crippen LogP contribution in [0.3, 0.4) is 0 Å². The Morgan fingerprint density at radius 1 is 0.935 bits per heavy atom. The fraction of sp³-hybridized carbons (Fsp3) is 0.826. The molecule has 0 aliphatic carbocycles. The van der Waals surface area contributed by atoms with Gasteiger partial charge in [-0.2, -0.15) is 0 Å². The first-order valence-electron chi connectivity index (χ1n) is 11.2. The Balaban J connectivity index is 3.13. The highest BCUT2D eigenvalue weighted by molar-refractivity contribution is 6.75. The summed E-state index contributed by atoms with van der Waals surface area (Å²) in [6, 6.07) is -0.286. The number of amides is 1. The van der Waals surface area contributed by atoms with E-state index in [0.717, 1.165) is 0 Å². The third-order valence-corrected chi connectivity index (χ3v) is 15.4. The van der Waals surface area contributed by atoms with Gasteiger partial charge in [0.05, 0.1) is 12.6 Å². The Kier molecular flexibility index (Phi) is 8.12. The van der Waals surface area contributed by atoms with Crippen LogP contribution in [0, 0.1) is 0 Å². The summed E-state index contributed by atoms with van der Waals surface area (Å²) in [5, 5.41) is -0.0662. The molecule has 0 aromatic heterocycles. The fourth-order valence-electron chi connectivity index (χ4n) is 2.49. The van der Waals surface area contributed by atoms with Crippen LogP contribution in [0.5, 0.6) is 0 Å². The van der Waals surface area contributed by atoms with E-state index in [1.165, 1.54) is 4.90 Å². The highest BCUT2D eigenvalue weighted by Crippen LogP contribution is 2.39. The van der Waals surface area contributed by atoms with Gasteiger partial charge in [0.2, 0.25) is 0 Å². The molecule has 0 unspecified atom stereocenters. The lowest BCUT2D eigenvalue weighted by Gasteiger charge is -2.39. The molecule has 0 aromatic rings. The van der Waals surface area contributed by atoms with Gasteiger partial charge in [-0.25, -0.2) is 9.59 Å². The van der Waals surface area contributed by atoms with Crippen LogP contribution in [0.2, 0.25) is 36.3 Å². The van der Waals surface area contributed by atoms with Crippen molar-refractivity contribution in [1.29, 1.82) is 0 Å². The molecule has 180 valence electrons. The van der Waals surface area contributed by atoms with Crippen LogP contribution in [-0.4, -0.2) is 51.8 Å². The van der Waals surface area contributed by atoms with Crippen LogP contribution in [0.25, 0.3) is 0 Å². The van der Waals surface area contributed by atoms with Crippen molar-refractivity contribution in [3.8, 4) is 0 Å². The number of hydrogen-bond acceptors (Lipinski definition) is 5. The van der Waals surface area contributed by atoms with Crippen LogP contribution in [-0.2, 0) is 18.4 Å². The molecule has 0 N–H and O–H groups in total. The molecule has 1 aliphatic heterocycles. The third-order valence-electron chi connectivity index (χ3n) is 6.60. The van der Waals surface area contributed by atoms with E-state index >= 15 is 0 Å². The number of carbonyl (C=O) groups is 2. The minimum atomic E-state index is -2.34. The minimum Gasteiger partial charge on any atom is -0.515 e. The van der Waals surface area contributed by atoms with Gasteiger partial charge in [-0.15, -0.1) is 0 Å². The summed E-state index contributed by atoms with van der Waals surface area (Å²) in [5.41, 5.74) is -0.401. The molecular formula is C23H45NO5Si2. The van der Waals surface area contributed by atoms with Gasteiger partial charge in [-0.05, 0) is 63.5 Å². The van der Waals surface area contributed by atoms with Gasteiger partial charge in [0.25, 0.3) is 8.32 Å². The summed E-state index contributed by atoms with van der Waals surface area (Å²) in [5.74, 6) is -0.452. The largest absolute Gasteiger partial charge is 0.515 e. The normalized spacial score (nSPS) is 18.7. The second-order valence-electron chi connectivity index (χ2n) is 12.6. The predicted molar refractivity (Wildman–Crippen MR) is 131 cm³/mol. The number of carbonyl (C=O) groups excluding carboxylic acids is 2. The van der Waals surface area contributed by atoms with Gasteiger partial charge in [0.1, 0.15) is 11.3 Å². The van der Waals surface area contributed by atoms with Crippen LogP contribution in [0.4, 0.5) is 4.79 Å². The van der Waals surface area contributed by atoms with Gasteiger partial charge in [0, 0.05) is 0 Å². The molecule has 0 saturated carbocycles. The molecule has 0 spiro atoms. The standard InChI is InChI=1S/C23H45NO5Si2/c1-21(2,3)28-20(26)24-17(16-27-30(10,11)22(4,5)6)14-15-18(24)19(25)29-31(12,13)23(7,8)9/h15,17H,14,16H2,1-13H3/t17-/m1/s1. The van der Waals surface area contributed by atoms with Gasteiger partial charge in [0.15, 0.2) is 8.32 Å². The first-order valence-corrected chi connectivity index (χ1v) is 17.0. The van der Waals surface area contributed by atoms with Crippen molar-refractivity contribution >= 4 is 28.7 Å². The van der Waals surface area contributed by atoms with Crippen molar-refractivity contribution in [3.05, 3.63) is 11.8 Å². The maximum absolute atomic E-state index is 13.2. The van der Waals surface area contributed by atoms with E-state index in [4.69, 9.17) is 13.6 Å². The van der Waals surface area contributed by atoms with E-state index in [9.17, 15) is 9.59 Å². The smallest absolute Gasteiger partial charge is 0.415 e. The molecule has 1 aliphatic rings. The summed E-state index contributed by atoms with van der Waals surface area (Å²) < 4.78 is 18.0. The first kappa shape index (κ1) is 27.9. The second kappa shape index (κ2) is 9.02. The Bertz CT molecular complexity index is 709. The fourth-order valence-corrected chi connectivity index (χ4v) is 4.41. The molecule has 0 fully saturated rings. The lowest BCUT2D eigenvalue weighted by atomic mass is 10.2. The lowest BCUT2D eigenvalue weighted by Crippen LogP contribution is -2.49. The second-order valence-corrected chi connectivity index (χ2v) is 22.1. The Hall–Kier alpha value is -1.13. The van der Waals surface area contributed by atoms with E-state index < -0.39 is 34.3 Å². The molecule has 8 heteroatoms. The van der Waals surface area contributed by atoms with E-state index in [0.29, 0.717) is 13.0 Å². The highest BCUT2D eigenvalue weighted by Gasteiger charge is 2.45. The number of ether oxygens (including phenoxy) is 1. The van der Waals surface area contributed by atoms with Crippen molar-refractivity contribution in [2.45, 2.75) is 117 Å². The van der Waals surface area contributed by atoms with Crippen molar-refractivity contribution in [3.63, 3.8) is 0 Å². The molecule has 6 nitrogen and oxygen atoms in total. The summed E-state index contributed by atoms with van der Waals surface area (Å²) in [4.78, 5) is 27.7. The number of rotatable bonds is 5. The molecule has 1 atom stereocenters. The van der Waals surface area contributed by atoms with E-state index in [1.54, 1.807) is 6.08 Å². The third kappa shape index (κ3) is 7.18. The SMILES string of the molecule is CC(C)(C)OC(=O)N1C(C(=O)O[Si](C)(C)C(C)(C)C)=CC[C@@H]1CO[Si](C)(C)C(C)(C)C. The van der Waals surface area contributed by atoms with Crippen LogP contribution in [0.15, 0.2) is 11.8 Å². The Labute approximate surface area is 192 Å². The average molecular weight is 472 g/mol. The molecule has 31 heavy (non-hydrogen) atoms. The molecule has 0 bridgehead atoms. The number of hydrogen-bond donors (Lipinski definition) is 0. The summed E-state index contributed by atoms with van der Waals surface area (Å²) in [6.45, 7) is 27.0. The summed E-state index contributed by atoms with van der Waals surface area (Å²) >= 11 is 0. The predicted octanol–water partition coefficient (Wildman–Crippen LogP) is 6.45. The van der Waals surface area contributed by atoms with E-state index in [-0.39, 0.29) is 21.8 Å². The zero-order valence-corrected chi connectivity index (χ0v) is 24.1. The number of nitrogens with zero attached hydrogens (tertiary/aromatic N) is 1. The zero-order valence-electron chi connectivity index (χ0n) is 22.1. The first-order chi connectivity index (χ1) is 13.6. The van der Waals surface area contributed by atoms with E-state index in [1.807, 2.05) is 33.9 Å². The molecule has 1 rings (SSSR count). The molecule has 1 heterocycles. The van der Waals surface area contributed by atoms with Crippen LogP contribution >= 0.6 is 0 Å². The Morgan fingerprint density at radius 2 is 1.42 bits per heavy atom. The van der Waals surface area contributed by atoms with Crippen LogP contribution < -0.4 is 0 Å². The van der Waals surface area contributed by atoms with Crippen molar-refractivity contribution in [2.24, 2.45) is 0 Å². The van der Waals surface area contributed by atoms with Gasteiger partial charge in [-0.3, -0.25) is 4.90 Å². The summed E-state index contributed by atoms with van der Waals surface area (Å²) in [6.07, 6.45) is 1.79. The van der Waals surface area contributed by atoms with Crippen molar-refractivity contribution in [1.82, 2.24) is 4.90 Å². The molecular weight excluding hydrogens is 426 g/mol. The maximum atomic E-state index is 13.2. The average Bonchev–Trinajstić information content (AvgIpc) is 2.92. The highest BCUT2D eigenvalue weighted by atomic mass is 28.4. The van der Waals surface area contributed by atoms with Crippen LogP contribution in [0.1, 0.15) is 68.7 Å². The minimum absolute atomic E-state index is 0.0554. The monoisotopic (exact) mass is 471 g/mol. The lowest BCUT2D eigenvalue weighted by molar-refractivity contribution is -0.133. The van der Waals surface area contributed by atoms with Crippen molar-refractivity contribution in [2.75, 3.05) is 6.61 Å². The van der Waals surface area contributed by atoms with E-state index in [2.05, 4.69) is 54.6 Å². The quantitative estimate of drug-likeness (QED) is 0.431. The molecule has 0 saturated heterocycles. The Morgan fingerprint density at radius 3 is 1.84 bits per heavy atom. The maximum Gasteiger partial charge on any atom is 0.415 e. The molecule has 1 amide bonds. The summed E-state index contributed by atoms with van der Waals surface area (Å²) in [7, 11) is -4.34.